The fourth-order valence-electron chi connectivity index (χ4n) is 2.97. The Morgan fingerprint density at radius 2 is 0.875 bits per heavy atom. The van der Waals surface area contributed by atoms with E-state index in [1.165, 1.54) is 24.3 Å². The molecule has 0 unspecified atom stereocenters. The van der Waals surface area contributed by atoms with Gasteiger partial charge < -0.3 is 0 Å². The summed E-state index contributed by atoms with van der Waals surface area (Å²) >= 11 is 0. The topological polar surface area (TPSA) is 86.3 Å². The van der Waals surface area contributed by atoms with E-state index < -0.39 is 9.85 Å². The summed E-state index contributed by atoms with van der Waals surface area (Å²) in [6.45, 7) is 0. The minimum atomic E-state index is -0.540. The van der Waals surface area contributed by atoms with Crippen LogP contribution in [-0.2, 0) is 0 Å². The molecule has 0 aliphatic carbocycles. The molecule has 158 valence electrons. The summed E-state index contributed by atoms with van der Waals surface area (Å²) in [5, 5.41) is 23.1. The summed E-state index contributed by atoms with van der Waals surface area (Å²) in [5.41, 5.74) is 1.87. The zero-order chi connectivity index (χ0) is 22.8. The average Bonchev–Trinajstić information content (AvgIpc) is 2.80. The molecule has 0 bridgehead atoms. The van der Waals surface area contributed by atoms with Crippen molar-refractivity contribution in [3.05, 3.63) is 140 Å². The van der Waals surface area contributed by atoms with Gasteiger partial charge in [0.2, 0.25) is 0 Å². The number of hydrogen-bond acceptors (Lipinski definition) is 4. The van der Waals surface area contributed by atoms with Gasteiger partial charge in [0.15, 0.2) is 0 Å². The number of hydrogen-bond donors (Lipinski definition) is 0. The van der Waals surface area contributed by atoms with Crippen LogP contribution >= 0.6 is 0 Å². The Morgan fingerprint density at radius 1 is 0.531 bits per heavy atom. The summed E-state index contributed by atoms with van der Waals surface area (Å²) < 4.78 is 0. The van der Waals surface area contributed by atoms with Crippen molar-refractivity contribution in [2.75, 3.05) is 0 Å². The Hall–Kier alpha value is -4.58. The van der Waals surface area contributed by atoms with Crippen molar-refractivity contribution in [3.63, 3.8) is 0 Å². The highest BCUT2D eigenvalue weighted by atomic mass is 16.6. The normalized spacial score (nSPS) is 11.8. The van der Waals surface area contributed by atoms with Crippen LogP contribution in [0.3, 0.4) is 0 Å². The van der Waals surface area contributed by atoms with Gasteiger partial charge in [0, 0.05) is 12.1 Å². The molecule has 6 heteroatoms. The fraction of sp³-hybridized carbons (Fsp3) is 0. The first-order valence-corrected chi connectivity index (χ1v) is 9.81. The van der Waals surface area contributed by atoms with Crippen LogP contribution in [0, 0.1) is 20.2 Å². The Morgan fingerprint density at radius 3 is 1.22 bits per heavy atom. The van der Waals surface area contributed by atoms with Crippen molar-refractivity contribution in [1.29, 1.82) is 0 Å². The lowest BCUT2D eigenvalue weighted by Crippen LogP contribution is -1.97. The first kappa shape index (κ1) is 22.1. The summed E-state index contributed by atoms with van der Waals surface area (Å²) in [5.74, 6) is 0. The van der Waals surface area contributed by atoms with Crippen molar-refractivity contribution in [1.82, 2.24) is 0 Å². The lowest BCUT2D eigenvalue weighted by atomic mass is 10.0. The van der Waals surface area contributed by atoms with Gasteiger partial charge in [-0.25, -0.2) is 0 Å². The van der Waals surface area contributed by atoms with Crippen LogP contribution in [0.4, 0.5) is 11.4 Å². The maximum atomic E-state index is 11.6. The van der Waals surface area contributed by atoms with E-state index in [2.05, 4.69) is 0 Å². The van der Waals surface area contributed by atoms with E-state index in [9.17, 15) is 20.2 Å². The first-order chi connectivity index (χ1) is 15.5. The van der Waals surface area contributed by atoms with Crippen molar-refractivity contribution in [3.8, 4) is 0 Å². The Balaban J connectivity index is 1.88. The smallest absolute Gasteiger partial charge is 0.258 e. The molecule has 0 saturated heterocycles. The van der Waals surface area contributed by atoms with Crippen LogP contribution in [0.15, 0.2) is 97.1 Å². The summed E-state index contributed by atoms with van der Waals surface area (Å²) in [7, 11) is 0. The minimum Gasteiger partial charge on any atom is -0.258 e. The maximum absolute atomic E-state index is 11.6. The van der Waals surface area contributed by atoms with Gasteiger partial charge in [-0.15, -0.1) is 0 Å². The molecule has 0 saturated carbocycles. The monoisotopic (exact) mass is 424 g/mol. The van der Waals surface area contributed by atoms with E-state index >= 15 is 0 Å². The molecule has 0 spiro atoms. The third-order valence-electron chi connectivity index (χ3n) is 4.52. The molecule has 3 aromatic carbocycles. The standard InChI is InChI=1S/C26H20N2O4/c29-27(30)25-20-24(18-10-8-16-22-13-5-2-6-14-22)26(28(31)32)19-23(25)17-9-7-15-21-11-3-1-4-12-21/h1-20H. The predicted molar refractivity (Wildman–Crippen MR) is 129 cm³/mol. The summed E-state index contributed by atoms with van der Waals surface area (Å²) in [6.07, 6.45) is 13.4. The quantitative estimate of drug-likeness (QED) is 0.222. The van der Waals surface area contributed by atoms with Gasteiger partial charge in [-0.2, -0.15) is 0 Å². The second kappa shape index (κ2) is 11.0. The number of nitro groups is 2. The summed E-state index contributed by atoms with van der Waals surface area (Å²) in [4.78, 5) is 22.1. The van der Waals surface area contributed by atoms with E-state index in [-0.39, 0.29) is 22.5 Å². The zero-order valence-electron chi connectivity index (χ0n) is 17.1. The molecule has 0 heterocycles. The Kier molecular flexibility index (Phi) is 7.59. The third kappa shape index (κ3) is 6.21. The van der Waals surface area contributed by atoms with Gasteiger partial charge in [-0.3, -0.25) is 20.2 Å². The zero-order valence-corrected chi connectivity index (χ0v) is 17.1. The SMILES string of the molecule is O=[N+]([O-])c1cc(C=CC=Cc2ccccc2)c([N+](=O)[O-])cc1C=CC=Cc1ccccc1. The van der Waals surface area contributed by atoms with Crippen molar-refractivity contribution in [2.45, 2.75) is 0 Å². The van der Waals surface area contributed by atoms with E-state index in [0.717, 1.165) is 11.1 Å². The minimum absolute atomic E-state index is 0.163. The van der Waals surface area contributed by atoms with Crippen LogP contribution in [-0.4, -0.2) is 9.85 Å². The van der Waals surface area contributed by atoms with Crippen LogP contribution in [0.1, 0.15) is 22.3 Å². The van der Waals surface area contributed by atoms with Gasteiger partial charge in [0.1, 0.15) is 0 Å². The molecule has 3 rings (SSSR count). The molecular formula is C26H20N2O4. The van der Waals surface area contributed by atoms with Gasteiger partial charge in [-0.1, -0.05) is 97.1 Å². The molecule has 0 N–H and O–H groups in total. The molecular weight excluding hydrogens is 404 g/mol. The average molecular weight is 424 g/mol. The molecule has 32 heavy (non-hydrogen) atoms. The Labute approximate surface area is 185 Å². The molecule has 0 fully saturated rings. The van der Waals surface area contributed by atoms with E-state index in [1.807, 2.05) is 72.8 Å². The van der Waals surface area contributed by atoms with E-state index in [4.69, 9.17) is 0 Å². The van der Waals surface area contributed by atoms with Crippen LogP contribution in [0.25, 0.3) is 24.3 Å². The highest BCUT2D eigenvalue weighted by molar-refractivity contribution is 5.74. The van der Waals surface area contributed by atoms with Crippen molar-refractivity contribution in [2.24, 2.45) is 0 Å². The second-order valence-electron chi connectivity index (χ2n) is 6.74. The molecule has 0 amide bonds. The van der Waals surface area contributed by atoms with Crippen molar-refractivity contribution < 1.29 is 9.85 Å². The molecule has 0 radical (unpaired) electrons. The third-order valence-corrected chi connectivity index (χ3v) is 4.52. The predicted octanol–water partition coefficient (Wildman–Crippen LogP) is 6.96. The molecule has 0 aliphatic heterocycles. The maximum Gasteiger partial charge on any atom is 0.277 e. The van der Waals surface area contributed by atoms with Crippen LogP contribution in [0.5, 0.6) is 0 Å². The molecule has 6 nitrogen and oxygen atoms in total. The molecule has 0 aromatic heterocycles. The highest BCUT2D eigenvalue weighted by Gasteiger charge is 2.21. The number of allylic oxidation sites excluding steroid dienone is 4. The van der Waals surface area contributed by atoms with Crippen LogP contribution < -0.4 is 0 Å². The van der Waals surface area contributed by atoms with Gasteiger partial charge >= 0.3 is 0 Å². The number of nitrogens with zero attached hydrogens (tertiary/aromatic N) is 2. The lowest BCUT2D eigenvalue weighted by Gasteiger charge is -2.02. The molecule has 0 aliphatic rings. The number of rotatable bonds is 8. The van der Waals surface area contributed by atoms with Gasteiger partial charge in [-0.05, 0) is 23.3 Å². The molecule has 0 atom stereocenters. The van der Waals surface area contributed by atoms with Crippen LogP contribution in [0.2, 0.25) is 0 Å². The Bertz CT molecular complexity index is 1110. The van der Waals surface area contributed by atoms with E-state index in [1.54, 1.807) is 24.3 Å². The fourth-order valence-corrected chi connectivity index (χ4v) is 2.97. The van der Waals surface area contributed by atoms with Gasteiger partial charge in [0.05, 0.1) is 21.0 Å². The second-order valence-corrected chi connectivity index (χ2v) is 6.74. The largest absolute Gasteiger partial charge is 0.277 e. The highest BCUT2D eigenvalue weighted by Crippen LogP contribution is 2.30. The number of nitro benzene ring substituents is 2. The summed E-state index contributed by atoms with van der Waals surface area (Å²) in [6, 6.07) is 21.6. The van der Waals surface area contributed by atoms with E-state index in [0.29, 0.717) is 0 Å². The molecule has 3 aromatic rings. The van der Waals surface area contributed by atoms with Gasteiger partial charge in [0.25, 0.3) is 11.4 Å². The van der Waals surface area contributed by atoms with Crippen molar-refractivity contribution >= 4 is 35.7 Å². The lowest BCUT2D eigenvalue weighted by molar-refractivity contribution is -0.389. The number of benzene rings is 3. The first-order valence-electron chi connectivity index (χ1n) is 9.81.